The van der Waals surface area contributed by atoms with Crippen LogP contribution in [0.25, 0.3) is 16.8 Å². The maximum absolute atomic E-state index is 14.3. The maximum Gasteiger partial charge on any atom is 0.269 e. The molecule has 2 rings (SSSR count). The summed E-state index contributed by atoms with van der Waals surface area (Å²) in [6, 6.07) is 11.6. The maximum atomic E-state index is 14.3. The Morgan fingerprint density at radius 2 is 1.79 bits per heavy atom. The Hall–Kier alpha value is -3.02. The van der Waals surface area contributed by atoms with Crippen molar-refractivity contribution in [3.63, 3.8) is 0 Å². The van der Waals surface area contributed by atoms with Crippen LogP contribution in [0.2, 0.25) is 0 Å². The number of carbonyl (C=O) groups is 1. The predicted molar refractivity (Wildman–Crippen MR) is 94.8 cm³/mol. The van der Waals surface area contributed by atoms with Crippen molar-refractivity contribution in [1.29, 1.82) is 0 Å². The number of nitrogens with one attached hydrogen (secondary N) is 1. The molecule has 1 amide bonds. The van der Waals surface area contributed by atoms with Gasteiger partial charge in [0.15, 0.2) is 0 Å². The molecule has 0 aliphatic rings. The van der Waals surface area contributed by atoms with Crippen LogP contribution in [0.1, 0.15) is 18.9 Å². The van der Waals surface area contributed by atoms with Crippen LogP contribution in [0.4, 0.5) is 10.1 Å². The molecule has 0 saturated heterocycles. The quantitative estimate of drug-likeness (QED) is 0.498. The molecule has 0 saturated carbocycles. The fourth-order valence-electron chi connectivity index (χ4n) is 2.33. The Morgan fingerprint density at radius 3 is 2.42 bits per heavy atom. The molecule has 0 heterocycles. The van der Waals surface area contributed by atoms with E-state index in [1.807, 2.05) is 13.0 Å². The van der Waals surface area contributed by atoms with Crippen LogP contribution >= 0.6 is 0 Å². The summed E-state index contributed by atoms with van der Waals surface area (Å²) in [6.07, 6.45) is 0.774. The van der Waals surface area contributed by atoms with E-state index >= 15 is 0 Å². The van der Waals surface area contributed by atoms with E-state index in [1.54, 1.807) is 24.3 Å². The molecule has 2 aromatic rings. The third-order valence-corrected chi connectivity index (χ3v) is 3.62. The summed E-state index contributed by atoms with van der Waals surface area (Å²) in [4.78, 5) is 12.0. The lowest BCUT2D eigenvalue weighted by Crippen LogP contribution is -2.31. The second kappa shape index (κ2) is 7.50. The lowest BCUT2D eigenvalue weighted by molar-refractivity contribution is -0.117. The number of benzene rings is 2. The number of amides is 1. The van der Waals surface area contributed by atoms with Crippen LogP contribution in [0, 0.1) is 5.82 Å². The Labute approximate surface area is 140 Å². The number of halogens is 1. The lowest BCUT2D eigenvalue weighted by atomic mass is 9.97. The first-order valence-electron chi connectivity index (χ1n) is 7.64. The largest absolute Gasteiger partial charge is 0.398 e. The minimum absolute atomic E-state index is 0.0262. The first-order valence-corrected chi connectivity index (χ1v) is 7.64. The van der Waals surface area contributed by atoms with Crippen molar-refractivity contribution in [2.45, 2.75) is 13.3 Å². The summed E-state index contributed by atoms with van der Waals surface area (Å²) < 4.78 is 14.3. The van der Waals surface area contributed by atoms with E-state index in [1.165, 1.54) is 12.1 Å². The molecule has 0 spiro atoms. The second-order valence-electron chi connectivity index (χ2n) is 5.33. The molecule has 0 radical (unpaired) electrons. The van der Waals surface area contributed by atoms with E-state index in [-0.39, 0.29) is 22.6 Å². The average molecular weight is 328 g/mol. The summed E-state index contributed by atoms with van der Waals surface area (Å²) >= 11 is 0. The Balaban J connectivity index is 2.51. The summed E-state index contributed by atoms with van der Waals surface area (Å²) in [6.45, 7) is 2.41. The molecular formula is C18H21FN4O. The first kappa shape index (κ1) is 17.3. The van der Waals surface area contributed by atoms with Crippen molar-refractivity contribution in [1.82, 2.24) is 5.32 Å². The zero-order chi connectivity index (χ0) is 17.7. The highest BCUT2D eigenvalue weighted by Crippen LogP contribution is 2.33. The van der Waals surface area contributed by atoms with E-state index in [0.29, 0.717) is 17.7 Å². The number of hydrogen-bond acceptors (Lipinski definition) is 4. The van der Waals surface area contributed by atoms with Gasteiger partial charge in [0, 0.05) is 17.7 Å². The van der Waals surface area contributed by atoms with Gasteiger partial charge in [0.25, 0.3) is 5.91 Å². The number of nitrogens with two attached hydrogens (primary N) is 3. The molecule has 5 nitrogen and oxygen atoms in total. The number of hydrogen-bond donors (Lipinski definition) is 4. The van der Waals surface area contributed by atoms with Gasteiger partial charge in [-0.1, -0.05) is 37.3 Å². The van der Waals surface area contributed by atoms with Crippen LogP contribution in [-0.2, 0) is 4.79 Å². The second-order valence-corrected chi connectivity index (χ2v) is 5.33. The highest BCUT2D eigenvalue weighted by Gasteiger charge is 2.18. The fourth-order valence-corrected chi connectivity index (χ4v) is 2.33. The molecule has 0 fully saturated rings. The SMILES string of the molecule is CCCNC(=O)/C(N)=C(\N)c1ccc(F)c(-c2ccccc2)c1N. The van der Waals surface area contributed by atoms with Gasteiger partial charge in [-0.15, -0.1) is 0 Å². The predicted octanol–water partition coefficient (Wildman–Crippen LogP) is 2.19. The van der Waals surface area contributed by atoms with Crippen molar-refractivity contribution in [3.05, 3.63) is 59.5 Å². The van der Waals surface area contributed by atoms with Gasteiger partial charge in [0.05, 0.1) is 11.4 Å². The molecule has 0 aliphatic carbocycles. The molecule has 6 heteroatoms. The van der Waals surface area contributed by atoms with Crippen LogP contribution in [0.3, 0.4) is 0 Å². The van der Waals surface area contributed by atoms with Gasteiger partial charge >= 0.3 is 0 Å². The summed E-state index contributed by atoms with van der Waals surface area (Å²) in [5.41, 5.74) is 19.2. The van der Waals surface area contributed by atoms with Gasteiger partial charge in [-0.05, 0) is 24.1 Å². The van der Waals surface area contributed by atoms with Crippen LogP contribution in [0.15, 0.2) is 48.2 Å². The van der Waals surface area contributed by atoms with Gasteiger partial charge in [0.1, 0.15) is 11.5 Å². The van der Waals surface area contributed by atoms with Gasteiger partial charge < -0.3 is 22.5 Å². The molecule has 0 aromatic heterocycles. The molecular weight excluding hydrogens is 307 g/mol. The highest BCUT2D eigenvalue weighted by atomic mass is 19.1. The molecule has 7 N–H and O–H groups in total. The van der Waals surface area contributed by atoms with Crippen LogP contribution in [0.5, 0.6) is 0 Å². The normalized spacial score (nSPS) is 11.8. The van der Waals surface area contributed by atoms with E-state index < -0.39 is 11.7 Å². The Kier molecular flexibility index (Phi) is 5.42. The van der Waals surface area contributed by atoms with E-state index in [4.69, 9.17) is 17.2 Å². The number of anilines is 1. The van der Waals surface area contributed by atoms with Crippen molar-refractivity contribution in [2.24, 2.45) is 11.5 Å². The first-order chi connectivity index (χ1) is 11.5. The van der Waals surface area contributed by atoms with Crippen molar-refractivity contribution in [3.8, 4) is 11.1 Å². The minimum atomic E-state index is -0.473. The molecule has 126 valence electrons. The van der Waals surface area contributed by atoms with Crippen molar-refractivity contribution >= 4 is 17.3 Å². The van der Waals surface area contributed by atoms with E-state index in [2.05, 4.69) is 5.32 Å². The standard InChI is InChI=1S/C18H21FN4O/c1-2-10-23-18(24)17(22)16(21)12-8-9-13(19)14(15(12)20)11-6-4-3-5-7-11/h3-9H,2,10,20-22H2,1H3,(H,23,24)/b17-16+. The lowest BCUT2D eigenvalue weighted by Gasteiger charge is -2.14. The minimum Gasteiger partial charge on any atom is -0.398 e. The van der Waals surface area contributed by atoms with Crippen LogP contribution < -0.4 is 22.5 Å². The fraction of sp³-hybridized carbons (Fsp3) is 0.167. The zero-order valence-electron chi connectivity index (χ0n) is 13.5. The number of carbonyl (C=O) groups excluding carboxylic acids is 1. The Morgan fingerprint density at radius 1 is 1.12 bits per heavy atom. The summed E-state index contributed by atoms with van der Waals surface area (Å²) in [5, 5.41) is 2.64. The third kappa shape index (κ3) is 3.48. The monoisotopic (exact) mass is 328 g/mol. The van der Waals surface area contributed by atoms with E-state index in [9.17, 15) is 9.18 Å². The molecule has 24 heavy (non-hydrogen) atoms. The topological polar surface area (TPSA) is 107 Å². The third-order valence-electron chi connectivity index (χ3n) is 3.62. The molecule has 0 aliphatic heterocycles. The summed E-state index contributed by atoms with van der Waals surface area (Å²) in [7, 11) is 0. The number of nitrogen functional groups attached to an aromatic ring is 1. The molecule has 0 atom stereocenters. The van der Waals surface area contributed by atoms with E-state index in [0.717, 1.165) is 6.42 Å². The highest BCUT2D eigenvalue weighted by molar-refractivity contribution is 6.01. The smallest absolute Gasteiger partial charge is 0.269 e. The zero-order valence-corrected chi connectivity index (χ0v) is 13.5. The molecule has 0 bridgehead atoms. The average Bonchev–Trinajstić information content (AvgIpc) is 2.59. The van der Waals surface area contributed by atoms with Crippen LogP contribution in [-0.4, -0.2) is 12.5 Å². The van der Waals surface area contributed by atoms with Gasteiger partial charge in [0.2, 0.25) is 0 Å². The Bertz CT molecular complexity index is 772. The number of rotatable bonds is 5. The molecule has 2 aromatic carbocycles. The molecule has 0 unspecified atom stereocenters. The van der Waals surface area contributed by atoms with Gasteiger partial charge in [-0.2, -0.15) is 0 Å². The van der Waals surface area contributed by atoms with Gasteiger partial charge in [-0.25, -0.2) is 4.39 Å². The van der Waals surface area contributed by atoms with Crippen molar-refractivity contribution in [2.75, 3.05) is 12.3 Å². The summed E-state index contributed by atoms with van der Waals surface area (Å²) in [5.74, 6) is -0.941. The van der Waals surface area contributed by atoms with Gasteiger partial charge in [-0.3, -0.25) is 4.79 Å². The van der Waals surface area contributed by atoms with Crippen molar-refractivity contribution < 1.29 is 9.18 Å².